The Balaban J connectivity index is 2.44. The average Bonchev–Trinajstić information content (AvgIpc) is 2.67. The number of thiazole rings is 1. The zero-order chi connectivity index (χ0) is 9.97. The first-order valence-electron chi connectivity index (χ1n) is 4.27. The van der Waals surface area contributed by atoms with Gasteiger partial charge in [-0.05, 0) is 18.6 Å². The van der Waals surface area contributed by atoms with Gasteiger partial charge in [-0.2, -0.15) is 0 Å². The number of rotatable bonds is 2. The number of hydrogen-bond donors (Lipinski definition) is 1. The summed E-state index contributed by atoms with van der Waals surface area (Å²) in [4.78, 5) is 8.33. The molecule has 3 nitrogen and oxygen atoms in total. The predicted octanol–water partition coefficient (Wildman–Crippen LogP) is 2.01. The van der Waals surface area contributed by atoms with Crippen LogP contribution in [0.2, 0.25) is 0 Å². The summed E-state index contributed by atoms with van der Waals surface area (Å²) < 4.78 is 0. The Morgan fingerprint density at radius 2 is 2.36 bits per heavy atom. The van der Waals surface area contributed by atoms with Crippen molar-refractivity contribution >= 4 is 11.3 Å². The zero-order valence-corrected chi connectivity index (χ0v) is 8.58. The zero-order valence-electron chi connectivity index (χ0n) is 7.77. The monoisotopic (exact) mass is 206 g/mol. The second-order valence-corrected chi connectivity index (χ2v) is 3.85. The minimum absolute atomic E-state index is 0.000626. The number of nitrogens with zero attached hydrogens (tertiary/aromatic N) is 2. The van der Waals surface area contributed by atoms with E-state index in [9.17, 15) is 0 Å². The molecule has 0 aliphatic heterocycles. The normalized spacial score (nSPS) is 10.4. The van der Waals surface area contributed by atoms with Crippen molar-refractivity contribution in [1.29, 1.82) is 0 Å². The fourth-order valence-corrected chi connectivity index (χ4v) is 2.12. The van der Waals surface area contributed by atoms with Crippen LogP contribution in [0, 0.1) is 6.92 Å². The van der Waals surface area contributed by atoms with Crippen molar-refractivity contribution in [2.24, 2.45) is 0 Å². The molecule has 0 unspecified atom stereocenters. The highest BCUT2D eigenvalue weighted by Gasteiger charge is 2.05. The second-order valence-electron chi connectivity index (χ2n) is 2.99. The molecule has 0 spiro atoms. The van der Waals surface area contributed by atoms with Gasteiger partial charge in [-0.3, -0.25) is 4.98 Å². The summed E-state index contributed by atoms with van der Waals surface area (Å²) >= 11 is 1.54. The number of hydrogen-bond acceptors (Lipinski definition) is 4. The Hall–Kier alpha value is -1.26. The summed E-state index contributed by atoms with van der Waals surface area (Å²) in [7, 11) is 0. The Morgan fingerprint density at radius 1 is 1.50 bits per heavy atom. The Labute approximate surface area is 86.1 Å². The third-order valence-corrected chi connectivity index (χ3v) is 2.89. The molecule has 0 aliphatic rings. The molecule has 0 bridgehead atoms. The smallest absolute Gasteiger partial charge is 0.124 e. The van der Waals surface area contributed by atoms with E-state index in [2.05, 4.69) is 9.97 Å². The van der Waals surface area contributed by atoms with Crippen LogP contribution in [0.1, 0.15) is 11.3 Å². The summed E-state index contributed by atoms with van der Waals surface area (Å²) in [6.07, 6.45) is 3.57. The highest BCUT2D eigenvalue weighted by atomic mass is 32.1. The fraction of sp³-hybridized carbons (Fsp3) is 0.200. The van der Waals surface area contributed by atoms with Crippen LogP contribution in [0.5, 0.6) is 0 Å². The van der Waals surface area contributed by atoms with E-state index in [0.29, 0.717) is 0 Å². The first-order chi connectivity index (χ1) is 6.81. The fourth-order valence-electron chi connectivity index (χ4n) is 1.22. The molecule has 14 heavy (non-hydrogen) atoms. The average molecular weight is 206 g/mol. The van der Waals surface area contributed by atoms with Crippen LogP contribution in [0.25, 0.3) is 10.6 Å². The van der Waals surface area contributed by atoms with Crippen LogP contribution in [0.4, 0.5) is 0 Å². The van der Waals surface area contributed by atoms with Gasteiger partial charge in [0.25, 0.3) is 0 Å². The first-order valence-corrected chi connectivity index (χ1v) is 5.15. The van der Waals surface area contributed by atoms with E-state index in [-0.39, 0.29) is 6.61 Å². The number of aromatic nitrogens is 2. The summed E-state index contributed by atoms with van der Waals surface area (Å²) in [6.45, 7) is 2.00. The van der Waals surface area contributed by atoms with Gasteiger partial charge in [0.05, 0.1) is 12.3 Å². The quantitative estimate of drug-likeness (QED) is 0.817. The van der Waals surface area contributed by atoms with Gasteiger partial charge in [-0.25, -0.2) is 4.98 Å². The van der Waals surface area contributed by atoms with E-state index in [0.717, 1.165) is 21.8 Å². The molecule has 0 fully saturated rings. The molecule has 0 aromatic carbocycles. The third-order valence-electron chi connectivity index (χ3n) is 1.96. The lowest BCUT2D eigenvalue weighted by Gasteiger charge is -1.99. The predicted molar refractivity (Wildman–Crippen MR) is 56.0 cm³/mol. The molecule has 2 aromatic heterocycles. The highest BCUT2D eigenvalue weighted by Crippen LogP contribution is 2.25. The topological polar surface area (TPSA) is 46.0 Å². The van der Waals surface area contributed by atoms with Crippen molar-refractivity contribution in [1.82, 2.24) is 9.97 Å². The van der Waals surface area contributed by atoms with Crippen molar-refractivity contribution in [2.45, 2.75) is 13.5 Å². The lowest BCUT2D eigenvalue weighted by molar-refractivity contribution is 0.278. The lowest BCUT2D eigenvalue weighted by Crippen LogP contribution is -1.85. The summed E-state index contributed by atoms with van der Waals surface area (Å²) in [5, 5.41) is 11.7. The Bertz CT molecular complexity index is 439. The molecule has 2 heterocycles. The molecule has 0 saturated heterocycles. The highest BCUT2D eigenvalue weighted by molar-refractivity contribution is 7.13. The molecule has 0 aliphatic carbocycles. The van der Waals surface area contributed by atoms with Crippen LogP contribution in [0.3, 0.4) is 0 Å². The van der Waals surface area contributed by atoms with Gasteiger partial charge in [-0.15, -0.1) is 11.3 Å². The van der Waals surface area contributed by atoms with Crippen molar-refractivity contribution in [3.8, 4) is 10.6 Å². The van der Waals surface area contributed by atoms with Crippen LogP contribution < -0.4 is 0 Å². The standard InChI is InChI=1S/C10H10N2OS/c1-7-4-11-3-2-9(7)10-12-8(5-13)6-14-10/h2-4,6,13H,5H2,1H3. The largest absolute Gasteiger partial charge is 0.390 e. The van der Waals surface area contributed by atoms with Crippen molar-refractivity contribution < 1.29 is 5.11 Å². The SMILES string of the molecule is Cc1cnccc1-c1nc(CO)cs1. The molecule has 2 rings (SSSR count). The number of aliphatic hydroxyl groups excluding tert-OH is 1. The molecule has 4 heteroatoms. The van der Waals surface area contributed by atoms with Crippen LogP contribution in [0.15, 0.2) is 23.8 Å². The second kappa shape index (κ2) is 3.86. The minimum Gasteiger partial charge on any atom is -0.390 e. The maximum Gasteiger partial charge on any atom is 0.124 e. The van der Waals surface area contributed by atoms with Crippen molar-refractivity contribution in [2.75, 3.05) is 0 Å². The third kappa shape index (κ3) is 1.66. The van der Waals surface area contributed by atoms with E-state index in [1.165, 1.54) is 0 Å². The van der Waals surface area contributed by atoms with E-state index in [1.54, 1.807) is 17.5 Å². The molecule has 1 N–H and O–H groups in total. The first kappa shape index (κ1) is 9.30. The molecule has 0 amide bonds. The van der Waals surface area contributed by atoms with Crippen molar-refractivity contribution in [3.63, 3.8) is 0 Å². The molecule has 0 radical (unpaired) electrons. The maximum absolute atomic E-state index is 8.90. The van der Waals surface area contributed by atoms with Crippen LogP contribution >= 0.6 is 11.3 Å². The van der Waals surface area contributed by atoms with E-state index in [4.69, 9.17) is 5.11 Å². The van der Waals surface area contributed by atoms with Crippen molar-refractivity contribution in [3.05, 3.63) is 35.1 Å². The minimum atomic E-state index is 0.000626. The molecule has 72 valence electrons. The molecule has 0 saturated carbocycles. The molecule has 2 aromatic rings. The van der Waals surface area contributed by atoms with Crippen LogP contribution in [-0.4, -0.2) is 15.1 Å². The van der Waals surface area contributed by atoms with E-state index >= 15 is 0 Å². The number of pyridine rings is 1. The summed E-state index contributed by atoms with van der Waals surface area (Å²) in [5.74, 6) is 0. The van der Waals surface area contributed by atoms with E-state index < -0.39 is 0 Å². The summed E-state index contributed by atoms with van der Waals surface area (Å²) in [5.41, 5.74) is 2.91. The van der Waals surface area contributed by atoms with Gasteiger partial charge in [0.2, 0.25) is 0 Å². The van der Waals surface area contributed by atoms with Gasteiger partial charge in [0.1, 0.15) is 5.01 Å². The van der Waals surface area contributed by atoms with Gasteiger partial charge in [-0.1, -0.05) is 0 Å². The molecular weight excluding hydrogens is 196 g/mol. The number of aryl methyl sites for hydroxylation is 1. The molecular formula is C10H10N2OS. The van der Waals surface area contributed by atoms with Gasteiger partial charge in [0, 0.05) is 23.3 Å². The number of aliphatic hydroxyl groups is 1. The Morgan fingerprint density at radius 3 is 3.00 bits per heavy atom. The Kier molecular flexibility index (Phi) is 2.56. The maximum atomic E-state index is 8.90. The van der Waals surface area contributed by atoms with Crippen LogP contribution in [-0.2, 0) is 6.61 Å². The van der Waals surface area contributed by atoms with Gasteiger partial charge in [0.15, 0.2) is 0 Å². The lowest BCUT2D eigenvalue weighted by atomic mass is 10.2. The summed E-state index contributed by atoms with van der Waals surface area (Å²) in [6, 6.07) is 1.94. The molecule has 0 atom stereocenters. The van der Waals surface area contributed by atoms with Gasteiger partial charge >= 0.3 is 0 Å². The van der Waals surface area contributed by atoms with Gasteiger partial charge < -0.3 is 5.11 Å². The van der Waals surface area contributed by atoms with E-state index in [1.807, 2.05) is 24.6 Å².